The molecule has 0 atom stereocenters. The van der Waals surface area contributed by atoms with Gasteiger partial charge in [-0.3, -0.25) is 14.4 Å². The van der Waals surface area contributed by atoms with E-state index in [2.05, 4.69) is 10.6 Å². The molecule has 1 rings (SSSR count). The molecular formula is C15H18ClFN2O4. The SMILES string of the molecule is CCOC(=O)CCC(=O)NCCNC(=O)c1c(F)cccc1Cl. The summed E-state index contributed by atoms with van der Waals surface area (Å²) in [7, 11) is 0. The molecule has 0 spiro atoms. The second-order valence-corrected chi connectivity index (χ2v) is 4.91. The van der Waals surface area contributed by atoms with Crippen LogP contribution in [0.4, 0.5) is 4.39 Å². The summed E-state index contributed by atoms with van der Waals surface area (Å²) >= 11 is 5.77. The quantitative estimate of drug-likeness (QED) is 0.555. The highest BCUT2D eigenvalue weighted by Crippen LogP contribution is 2.18. The van der Waals surface area contributed by atoms with Gasteiger partial charge in [-0.05, 0) is 19.1 Å². The number of ether oxygens (including phenoxy) is 1. The van der Waals surface area contributed by atoms with Gasteiger partial charge >= 0.3 is 5.97 Å². The molecule has 0 saturated carbocycles. The van der Waals surface area contributed by atoms with E-state index >= 15 is 0 Å². The monoisotopic (exact) mass is 344 g/mol. The second-order valence-electron chi connectivity index (χ2n) is 4.51. The van der Waals surface area contributed by atoms with Gasteiger partial charge in [0.2, 0.25) is 5.91 Å². The molecule has 2 N–H and O–H groups in total. The van der Waals surface area contributed by atoms with E-state index < -0.39 is 17.7 Å². The summed E-state index contributed by atoms with van der Waals surface area (Å²) in [6.07, 6.45) is 0.00277. The van der Waals surface area contributed by atoms with Crippen LogP contribution >= 0.6 is 11.6 Å². The van der Waals surface area contributed by atoms with Crippen molar-refractivity contribution < 1.29 is 23.5 Å². The van der Waals surface area contributed by atoms with Gasteiger partial charge in [-0.25, -0.2) is 4.39 Å². The minimum atomic E-state index is -0.714. The molecule has 0 aliphatic rings. The van der Waals surface area contributed by atoms with Crippen molar-refractivity contribution in [1.82, 2.24) is 10.6 Å². The van der Waals surface area contributed by atoms with Gasteiger partial charge in [-0.1, -0.05) is 17.7 Å². The van der Waals surface area contributed by atoms with Gasteiger partial charge in [-0.2, -0.15) is 0 Å². The third-order valence-electron chi connectivity index (χ3n) is 2.78. The minimum Gasteiger partial charge on any atom is -0.466 e. The first kappa shape index (κ1) is 18.9. The Bertz CT molecular complexity index is 560. The van der Waals surface area contributed by atoms with Crippen LogP contribution in [0.3, 0.4) is 0 Å². The third kappa shape index (κ3) is 6.65. The fourth-order valence-electron chi connectivity index (χ4n) is 1.72. The number of benzene rings is 1. The van der Waals surface area contributed by atoms with Crippen molar-refractivity contribution in [3.8, 4) is 0 Å². The molecule has 0 aromatic heterocycles. The lowest BCUT2D eigenvalue weighted by atomic mass is 10.2. The van der Waals surface area contributed by atoms with Crippen molar-refractivity contribution in [2.75, 3.05) is 19.7 Å². The molecule has 23 heavy (non-hydrogen) atoms. The standard InChI is InChI=1S/C15H18ClFN2O4/c1-2-23-13(21)7-6-12(20)18-8-9-19-15(22)14-10(16)4-3-5-11(14)17/h3-5H,2,6-9H2,1H3,(H,18,20)(H,19,22). The van der Waals surface area contributed by atoms with Crippen LogP contribution in [0.25, 0.3) is 0 Å². The van der Waals surface area contributed by atoms with Crippen LogP contribution in [0.1, 0.15) is 30.1 Å². The van der Waals surface area contributed by atoms with E-state index in [9.17, 15) is 18.8 Å². The van der Waals surface area contributed by atoms with Crippen molar-refractivity contribution in [3.63, 3.8) is 0 Å². The van der Waals surface area contributed by atoms with E-state index in [4.69, 9.17) is 16.3 Å². The Morgan fingerprint density at radius 3 is 2.52 bits per heavy atom. The number of amides is 2. The summed E-state index contributed by atoms with van der Waals surface area (Å²) in [5, 5.41) is 4.99. The topological polar surface area (TPSA) is 84.5 Å². The molecule has 6 nitrogen and oxygen atoms in total. The smallest absolute Gasteiger partial charge is 0.306 e. The lowest BCUT2D eigenvalue weighted by molar-refractivity contribution is -0.144. The van der Waals surface area contributed by atoms with Crippen molar-refractivity contribution in [2.24, 2.45) is 0 Å². The third-order valence-corrected chi connectivity index (χ3v) is 3.10. The predicted molar refractivity (Wildman–Crippen MR) is 82.6 cm³/mol. The largest absolute Gasteiger partial charge is 0.466 e. The minimum absolute atomic E-state index is 0.00311. The Balaban J connectivity index is 2.28. The number of halogens is 2. The number of carbonyl (C=O) groups is 3. The molecule has 0 heterocycles. The van der Waals surface area contributed by atoms with E-state index in [0.717, 1.165) is 6.07 Å². The number of hydrogen-bond donors (Lipinski definition) is 2. The Morgan fingerprint density at radius 1 is 1.17 bits per heavy atom. The zero-order valence-corrected chi connectivity index (χ0v) is 13.4. The molecule has 0 fully saturated rings. The van der Waals surface area contributed by atoms with Crippen LogP contribution in [0.15, 0.2) is 18.2 Å². The van der Waals surface area contributed by atoms with E-state index in [0.29, 0.717) is 0 Å². The zero-order valence-electron chi connectivity index (χ0n) is 12.7. The molecule has 0 aliphatic heterocycles. The molecule has 0 bridgehead atoms. The van der Waals surface area contributed by atoms with Gasteiger partial charge in [0.15, 0.2) is 0 Å². The van der Waals surface area contributed by atoms with Crippen molar-refractivity contribution in [3.05, 3.63) is 34.6 Å². The number of esters is 1. The fourth-order valence-corrected chi connectivity index (χ4v) is 1.97. The Morgan fingerprint density at radius 2 is 1.87 bits per heavy atom. The molecule has 126 valence electrons. The Hall–Kier alpha value is -2.15. The van der Waals surface area contributed by atoms with Crippen LogP contribution in [0.5, 0.6) is 0 Å². The van der Waals surface area contributed by atoms with Crippen molar-refractivity contribution >= 4 is 29.4 Å². The maximum atomic E-state index is 13.5. The summed E-state index contributed by atoms with van der Waals surface area (Å²) in [6.45, 7) is 2.21. The van der Waals surface area contributed by atoms with Crippen LogP contribution in [-0.2, 0) is 14.3 Å². The molecule has 8 heteroatoms. The Labute approximate surface area is 138 Å². The highest BCUT2D eigenvalue weighted by Gasteiger charge is 2.15. The van der Waals surface area contributed by atoms with Gasteiger partial charge in [-0.15, -0.1) is 0 Å². The van der Waals surface area contributed by atoms with Gasteiger partial charge in [0.25, 0.3) is 5.91 Å². The molecule has 0 unspecified atom stereocenters. The zero-order chi connectivity index (χ0) is 17.2. The van der Waals surface area contributed by atoms with Gasteiger partial charge in [0.1, 0.15) is 5.82 Å². The first-order chi connectivity index (χ1) is 11.0. The van der Waals surface area contributed by atoms with E-state index in [1.165, 1.54) is 12.1 Å². The van der Waals surface area contributed by atoms with E-state index in [1.807, 2.05) is 0 Å². The van der Waals surface area contributed by atoms with Crippen LogP contribution in [0.2, 0.25) is 5.02 Å². The highest BCUT2D eigenvalue weighted by molar-refractivity contribution is 6.33. The molecule has 2 amide bonds. The second kappa shape index (κ2) is 9.78. The van der Waals surface area contributed by atoms with Crippen LogP contribution in [-0.4, -0.2) is 37.5 Å². The lowest BCUT2D eigenvalue weighted by Gasteiger charge is -2.08. The molecule has 1 aromatic carbocycles. The van der Waals surface area contributed by atoms with Crippen LogP contribution in [0, 0.1) is 5.82 Å². The summed E-state index contributed by atoms with van der Waals surface area (Å²) in [5.74, 6) is -2.15. The van der Waals surface area contributed by atoms with Crippen LogP contribution < -0.4 is 10.6 Å². The number of nitrogens with one attached hydrogen (secondary N) is 2. The van der Waals surface area contributed by atoms with Crippen molar-refractivity contribution in [1.29, 1.82) is 0 Å². The fraction of sp³-hybridized carbons (Fsp3) is 0.400. The number of rotatable bonds is 8. The summed E-state index contributed by atoms with van der Waals surface area (Å²) in [4.78, 5) is 34.4. The predicted octanol–water partition coefficient (Wildman–Crippen LogP) is 1.67. The first-order valence-electron chi connectivity index (χ1n) is 7.10. The highest BCUT2D eigenvalue weighted by atomic mass is 35.5. The Kier molecular flexibility index (Phi) is 8.04. The average Bonchev–Trinajstić information content (AvgIpc) is 2.49. The van der Waals surface area contributed by atoms with Gasteiger partial charge < -0.3 is 15.4 Å². The van der Waals surface area contributed by atoms with Crippen molar-refractivity contribution in [2.45, 2.75) is 19.8 Å². The molecule has 1 aromatic rings. The number of carbonyl (C=O) groups excluding carboxylic acids is 3. The molecule has 0 radical (unpaired) electrons. The van der Waals surface area contributed by atoms with Gasteiger partial charge in [0.05, 0.1) is 23.6 Å². The summed E-state index contributed by atoms with van der Waals surface area (Å²) in [5.41, 5.74) is -0.234. The normalized spacial score (nSPS) is 10.0. The maximum absolute atomic E-state index is 13.5. The average molecular weight is 345 g/mol. The molecule has 0 saturated heterocycles. The van der Waals surface area contributed by atoms with Gasteiger partial charge in [0, 0.05) is 19.5 Å². The lowest BCUT2D eigenvalue weighted by Crippen LogP contribution is -2.35. The summed E-state index contributed by atoms with van der Waals surface area (Å²) in [6, 6.07) is 3.95. The number of hydrogen-bond acceptors (Lipinski definition) is 4. The molecule has 0 aliphatic carbocycles. The maximum Gasteiger partial charge on any atom is 0.306 e. The van der Waals surface area contributed by atoms with E-state index in [1.54, 1.807) is 6.92 Å². The molecular weight excluding hydrogens is 327 g/mol. The summed E-state index contributed by atoms with van der Waals surface area (Å²) < 4.78 is 18.2. The first-order valence-corrected chi connectivity index (χ1v) is 7.48. The van der Waals surface area contributed by atoms with E-state index in [-0.39, 0.29) is 49.0 Å².